The van der Waals surface area contributed by atoms with Crippen molar-refractivity contribution in [3.8, 4) is 0 Å². The summed E-state index contributed by atoms with van der Waals surface area (Å²) < 4.78 is 2.28. The predicted molar refractivity (Wildman–Crippen MR) is 69.3 cm³/mol. The molecule has 0 spiro atoms. The number of hydrogen-bond donors (Lipinski definition) is 0. The summed E-state index contributed by atoms with van der Waals surface area (Å²) in [7, 11) is 0. The van der Waals surface area contributed by atoms with E-state index in [0.29, 0.717) is 0 Å². The van der Waals surface area contributed by atoms with Crippen molar-refractivity contribution in [1.29, 1.82) is 0 Å². The molecule has 0 fully saturated rings. The molecular formula is C13H14N2S. The number of benzene rings is 1. The Balaban J connectivity index is 2.48. The molecule has 82 valence electrons. The van der Waals surface area contributed by atoms with Crippen molar-refractivity contribution in [2.75, 3.05) is 0 Å². The van der Waals surface area contributed by atoms with Gasteiger partial charge in [-0.3, -0.25) is 4.40 Å². The maximum atomic E-state index is 4.63. The summed E-state index contributed by atoms with van der Waals surface area (Å²) in [5.41, 5.74) is 3.78. The summed E-state index contributed by atoms with van der Waals surface area (Å²) >= 11 is 1.72. The van der Waals surface area contributed by atoms with Gasteiger partial charge in [-0.1, -0.05) is 32.9 Å². The number of rotatable bonds is 0. The van der Waals surface area contributed by atoms with Gasteiger partial charge in [-0.25, -0.2) is 4.98 Å². The summed E-state index contributed by atoms with van der Waals surface area (Å²) in [5.74, 6) is 0. The standard InChI is InChI=1S/C13H14N2S/c1-13(2,3)11-8-16-12-14-9-6-4-5-7-10(9)15(11)12/h4-8H,1-3H3. The SMILES string of the molecule is CC(C)(C)c1csc2nc3ccccc3n12. The number of imidazole rings is 1. The quantitative estimate of drug-likeness (QED) is 0.573. The number of para-hydroxylation sites is 2. The van der Waals surface area contributed by atoms with E-state index in [2.05, 4.69) is 53.7 Å². The monoisotopic (exact) mass is 230 g/mol. The molecule has 0 unspecified atom stereocenters. The van der Waals surface area contributed by atoms with Crippen LogP contribution in [0.5, 0.6) is 0 Å². The second-order valence-corrected chi connectivity index (χ2v) is 5.93. The molecule has 0 bridgehead atoms. The number of thiazole rings is 1. The van der Waals surface area contributed by atoms with Crippen molar-refractivity contribution in [1.82, 2.24) is 9.38 Å². The van der Waals surface area contributed by atoms with Gasteiger partial charge in [0.2, 0.25) is 0 Å². The third-order valence-electron chi connectivity index (χ3n) is 2.82. The van der Waals surface area contributed by atoms with Gasteiger partial charge >= 0.3 is 0 Å². The summed E-state index contributed by atoms with van der Waals surface area (Å²) in [6.45, 7) is 6.72. The number of aromatic nitrogens is 2. The minimum absolute atomic E-state index is 0.154. The molecule has 0 aliphatic carbocycles. The molecular weight excluding hydrogens is 216 g/mol. The van der Waals surface area contributed by atoms with Gasteiger partial charge in [-0.05, 0) is 12.1 Å². The molecule has 2 nitrogen and oxygen atoms in total. The van der Waals surface area contributed by atoms with Gasteiger partial charge in [0, 0.05) is 16.5 Å². The highest BCUT2D eigenvalue weighted by molar-refractivity contribution is 7.15. The maximum absolute atomic E-state index is 4.63. The second-order valence-electron chi connectivity index (χ2n) is 5.09. The van der Waals surface area contributed by atoms with Crippen molar-refractivity contribution in [3.05, 3.63) is 35.3 Å². The summed E-state index contributed by atoms with van der Waals surface area (Å²) in [6, 6.07) is 8.32. The third kappa shape index (κ3) is 1.28. The lowest BCUT2D eigenvalue weighted by molar-refractivity contribution is 0.567. The highest BCUT2D eigenvalue weighted by Crippen LogP contribution is 2.30. The zero-order valence-electron chi connectivity index (χ0n) is 9.69. The van der Waals surface area contributed by atoms with Crippen LogP contribution < -0.4 is 0 Å². The zero-order valence-corrected chi connectivity index (χ0v) is 10.5. The van der Waals surface area contributed by atoms with E-state index in [9.17, 15) is 0 Å². The molecule has 16 heavy (non-hydrogen) atoms. The Hall–Kier alpha value is -1.35. The fourth-order valence-corrected chi connectivity index (χ4v) is 3.12. The molecule has 0 aliphatic rings. The second kappa shape index (κ2) is 3.08. The van der Waals surface area contributed by atoms with Gasteiger partial charge in [0.25, 0.3) is 0 Å². The van der Waals surface area contributed by atoms with Gasteiger partial charge in [-0.2, -0.15) is 0 Å². The molecule has 3 heteroatoms. The van der Waals surface area contributed by atoms with Crippen LogP contribution in [0, 0.1) is 0 Å². The molecule has 0 amide bonds. The molecule has 3 aromatic rings. The molecule has 0 atom stereocenters. The van der Waals surface area contributed by atoms with Crippen molar-refractivity contribution in [2.45, 2.75) is 26.2 Å². The molecule has 1 aromatic carbocycles. The summed E-state index contributed by atoms with van der Waals surface area (Å²) in [6.07, 6.45) is 0. The summed E-state index contributed by atoms with van der Waals surface area (Å²) in [4.78, 5) is 5.72. The third-order valence-corrected chi connectivity index (χ3v) is 3.64. The van der Waals surface area contributed by atoms with Crippen LogP contribution >= 0.6 is 11.3 Å². The Kier molecular flexibility index (Phi) is 1.89. The predicted octanol–water partition coefficient (Wildman–Crippen LogP) is 3.85. The Labute approximate surface area is 98.6 Å². The number of fused-ring (bicyclic) bond motifs is 3. The molecule has 0 N–H and O–H groups in total. The van der Waals surface area contributed by atoms with Crippen molar-refractivity contribution in [2.24, 2.45) is 0 Å². The molecule has 0 aliphatic heterocycles. The minimum atomic E-state index is 0.154. The highest BCUT2D eigenvalue weighted by atomic mass is 32.1. The van der Waals surface area contributed by atoms with E-state index in [4.69, 9.17) is 0 Å². The lowest BCUT2D eigenvalue weighted by atomic mass is 9.93. The smallest absolute Gasteiger partial charge is 0.194 e. The Morgan fingerprint density at radius 1 is 1.19 bits per heavy atom. The van der Waals surface area contributed by atoms with E-state index < -0.39 is 0 Å². The van der Waals surface area contributed by atoms with Crippen LogP contribution in [0.1, 0.15) is 26.5 Å². The fraction of sp³-hybridized carbons (Fsp3) is 0.308. The average Bonchev–Trinajstić information content (AvgIpc) is 2.73. The van der Waals surface area contributed by atoms with Crippen molar-refractivity contribution in [3.63, 3.8) is 0 Å². The largest absolute Gasteiger partial charge is 0.287 e. The Morgan fingerprint density at radius 3 is 2.69 bits per heavy atom. The van der Waals surface area contributed by atoms with Gasteiger partial charge in [0.1, 0.15) is 0 Å². The highest BCUT2D eigenvalue weighted by Gasteiger charge is 2.20. The van der Waals surface area contributed by atoms with Crippen molar-refractivity contribution >= 4 is 27.3 Å². The average molecular weight is 230 g/mol. The van der Waals surface area contributed by atoms with Gasteiger partial charge in [-0.15, -0.1) is 11.3 Å². The molecule has 0 saturated heterocycles. The van der Waals surface area contributed by atoms with E-state index in [1.807, 2.05) is 6.07 Å². The topological polar surface area (TPSA) is 17.3 Å². The Morgan fingerprint density at radius 2 is 1.94 bits per heavy atom. The van der Waals surface area contributed by atoms with Crippen LogP contribution in [0.25, 0.3) is 16.0 Å². The molecule has 3 rings (SSSR count). The maximum Gasteiger partial charge on any atom is 0.194 e. The van der Waals surface area contributed by atoms with Crippen LogP contribution in [0.2, 0.25) is 0 Å². The van der Waals surface area contributed by atoms with Gasteiger partial charge in [0.15, 0.2) is 4.96 Å². The molecule has 2 aromatic heterocycles. The minimum Gasteiger partial charge on any atom is -0.287 e. The van der Waals surface area contributed by atoms with E-state index >= 15 is 0 Å². The van der Waals surface area contributed by atoms with E-state index in [-0.39, 0.29) is 5.41 Å². The number of nitrogens with zero attached hydrogens (tertiary/aromatic N) is 2. The first kappa shape index (κ1) is 9.85. The van der Waals surface area contributed by atoms with Crippen LogP contribution in [-0.4, -0.2) is 9.38 Å². The first-order valence-electron chi connectivity index (χ1n) is 5.42. The van der Waals surface area contributed by atoms with Crippen molar-refractivity contribution < 1.29 is 0 Å². The molecule has 0 radical (unpaired) electrons. The molecule has 0 saturated carbocycles. The zero-order chi connectivity index (χ0) is 11.3. The number of hydrogen-bond acceptors (Lipinski definition) is 2. The van der Waals surface area contributed by atoms with E-state index in [0.717, 1.165) is 10.5 Å². The van der Waals surface area contributed by atoms with Gasteiger partial charge in [0.05, 0.1) is 11.0 Å². The normalized spacial score (nSPS) is 12.7. The van der Waals surface area contributed by atoms with Crippen LogP contribution in [0.15, 0.2) is 29.6 Å². The molecule has 2 heterocycles. The Bertz CT molecular complexity index is 655. The lowest BCUT2D eigenvalue weighted by Gasteiger charge is -2.17. The van der Waals surface area contributed by atoms with Crippen LogP contribution in [0.3, 0.4) is 0 Å². The van der Waals surface area contributed by atoms with E-state index in [1.165, 1.54) is 11.2 Å². The van der Waals surface area contributed by atoms with E-state index in [1.54, 1.807) is 11.3 Å². The van der Waals surface area contributed by atoms with Crippen LogP contribution in [0.4, 0.5) is 0 Å². The lowest BCUT2D eigenvalue weighted by Crippen LogP contribution is -2.13. The summed E-state index contributed by atoms with van der Waals surface area (Å²) in [5, 5.41) is 2.22. The first-order valence-corrected chi connectivity index (χ1v) is 6.30. The first-order chi connectivity index (χ1) is 7.57. The van der Waals surface area contributed by atoms with Crippen LogP contribution in [-0.2, 0) is 5.41 Å². The van der Waals surface area contributed by atoms with Gasteiger partial charge < -0.3 is 0 Å². The fourth-order valence-electron chi connectivity index (χ4n) is 1.99.